The van der Waals surface area contributed by atoms with Gasteiger partial charge in [0, 0.05) is 32.7 Å². The van der Waals surface area contributed by atoms with Crippen LogP contribution in [0.4, 0.5) is 0 Å². The first-order valence-corrected chi connectivity index (χ1v) is 9.35. The third-order valence-corrected chi connectivity index (χ3v) is 5.40. The number of benzene rings is 1. The molecule has 2 aromatic heterocycles. The quantitative estimate of drug-likeness (QED) is 0.625. The van der Waals surface area contributed by atoms with E-state index in [0.717, 1.165) is 62.5 Å². The van der Waals surface area contributed by atoms with E-state index in [2.05, 4.69) is 53.8 Å². The lowest BCUT2D eigenvalue weighted by molar-refractivity contribution is 0.0912. The number of hydrogen-bond donors (Lipinski definition) is 1. The molecule has 0 amide bonds. The van der Waals surface area contributed by atoms with Crippen molar-refractivity contribution < 1.29 is 4.79 Å². The predicted octanol–water partition coefficient (Wildman–Crippen LogP) is 5.59. The molecule has 0 bridgehead atoms. The predicted molar refractivity (Wildman–Crippen MR) is 102 cm³/mol. The molecule has 124 valence electrons. The maximum Gasteiger partial charge on any atom is 0.165 e. The van der Waals surface area contributed by atoms with Gasteiger partial charge in [-0.3, -0.25) is 9.78 Å². The lowest BCUT2D eigenvalue weighted by Gasteiger charge is -2.30. The van der Waals surface area contributed by atoms with Crippen LogP contribution < -0.4 is 0 Å². The van der Waals surface area contributed by atoms with Crippen molar-refractivity contribution in [1.29, 1.82) is 0 Å². The number of aromatic nitrogens is 2. The van der Waals surface area contributed by atoms with Gasteiger partial charge in [-0.05, 0) is 36.5 Å². The number of nitrogens with zero attached hydrogens (tertiary/aromatic N) is 1. The van der Waals surface area contributed by atoms with Crippen LogP contribution in [0.2, 0.25) is 0 Å². The summed E-state index contributed by atoms with van der Waals surface area (Å²) in [6.45, 7) is 6.48. The van der Waals surface area contributed by atoms with Gasteiger partial charge in [-0.25, -0.2) is 0 Å². The number of fused-ring (bicyclic) bond motifs is 5. The molecule has 1 aliphatic carbocycles. The zero-order valence-electron chi connectivity index (χ0n) is 14.3. The summed E-state index contributed by atoms with van der Waals surface area (Å²) < 4.78 is 1.03. The number of hydrogen-bond acceptors (Lipinski definition) is 2. The summed E-state index contributed by atoms with van der Waals surface area (Å²) >= 11 is 3.57. The maximum absolute atomic E-state index is 12.9. The first-order chi connectivity index (χ1) is 11.4. The van der Waals surface area contributed by atoms with Crippen LogP contribution in [0.15, 0.2) is 22.7 Å². The Labute approximate surface area is 150 Å². The number of aromatic amines is 1. The summed E-state index contributed by atoms with van der Waals surface area (Å²) in [6, 6.07) is 6.21. The zero-order chi connectivity index (χ0) is 17.1. The highest BCUT2D eigenvalue weighted by Gasteiger charge is 2.34. The zero-order valence-corrected chi connectivity index (χ0v) is 15.9. The molecule has 2 heterocycles. The van der Waals surface area contributed by atoms with Crippen molar-refractivity contribution in [1.82, 2.24) is 9.97 Å². The number of pyridine rings is 1. The molecule has 0 fully saturated rings. The van der Waals surface area contributed by atoms with Gasteiger partial charge in [0.25, 0.3) is 0 Å². The minimum Gasteiger partial charge on any atom is -0.353 e. The molecular formula is C20H21BrN2O. The van der Waals surface area contributed by atoms with Crippen molar-refractivity contribution >= 4 is 43.5 Å². The van der Waals surface area contributed by atoms with E-state index < -0.39 is 0 Å². The number of rotatable bonds is 2. The van der Waals surface area contributed by atoms with Crippen molar-refractivity contribution in [2.45, 2.75) is 46.5 Å². The molecule has 4 heteroatoms. The van der Waals surface area contributed by atoms with Gasteiger partial charge in [0.2, 0.25) is 0 Å². The van der Waals surface area contributed by atoms with Crippen molar-refractivity contribution in [3.63, 3.8) is 0 Å². The number of ketones is 1. The van der Waals surface area contributed by atoms with Gasteiger partial charge >= 0.3 is 0 Å². The fraction of sp³-hybridized carbons (Fsp3) is 0.400. The number of H-pyrrole nitrogens is 1. The second-order valence-electron chi connectivity index (χ2n) is 7.64. The Morgan fingerprint density at radius 2 is 2.08 bits per heavy atom. The van der Waals surface area contributed by atoms with E-state index in [1.165, 1.54) is 0 Å². The van der Waals surface area contributed by atoms with Gasteiger partial charge < -0.3 is 4.98 Å². The SMILES string of the molecule is CCCc1nc2c(c3c1[nH]c1ccc(Br)cc13)C(=O)CC(C)(C)C2. The second kappa shape index (κ2) is 5.41. The largest absolute Gasteiger partial charge is 0.353 e. The fourth-order valence-corrected chi connectivity index (χ4v) is 4.31. The van der Waals surface area contributed by atoms with Gasteiger partial charge in [0.1, 0.15) is 0 Å². The van der Waals surface area contributed by atoms with Crippen LogP contribution in [0.1, 0.15) is 55.4 Å². The number of Topliss-reactive ketones (excluding diaryl/α,β-unsaturated/α-hetero) is 1. The van der Waals surface area contributed by atoms with Gasteiger partial charge in [0.15, 0.2) is 5.78 Å². The Hall–Kier alpha value is -1.68. The van der Waals surface area contributed by atoms with Crippen LogP contribution in [0, 0.1) is 5.41 Å². The van der Waals surface area contributed by atoms with E-state index >= 15 is 0 Å². The van der Waals surface area contributed by atoms with Crippen LogP contribution >= 0.6 is 15.9 Å². The molecule has 1 aliphatic rings. The lowest BCUT2D eigenvalue weighted by Crippen LogP contribution is -2.28. The highest BCUT2D eigenvalue weighted by molar-refractivity contribution is 9.10. The van der Waals surface area contributed by atoms with Gasteiger partial charge in [-0.1, -0.05) is 43.1 Å². The minimum atomic E-state index is -0.0130. The van der Waals surface area contributed by atoms with E-state index in [0.29, 0.717) is 6.42 Å². The van der Waals surface area contributed by atoms with E-state index in [9.17, 15) is 4.79 Å². The number of carbonyl (C=O) groups is 1. The van der Waals surface area contributed by atoms with E-state index in [-0.39, 0.29) is 11.2 Å². The molecule has 1 N–H and O–H groups in total. The monoisotopic (exact) mass is 384 g/mol. The van der Waals surface area contributed by atoms with Gasteiger partial charge in [0.05, 0.1) is 16.9 Å². The molecule has 0 saturated heterocycles. The molecule has 0 atom stereocenters. The Morgan fingerprint density at radius 1 is 1.29 bits per heavy atom. The van der Waals surface area contributed by atoms with Crippen molar-refractivity contribution in [2.75, 3.05) is 0 Å². The average Bonchev–Trinajstić information content (AvgIpc) is 2.85. The van der Waals surface area contributed by atoms with Gasteiger partial charge in [-0.2, -0.15) is 0 Å². The summed E-state index contributed by atoms with van der Waals surface area (Å²) in [5.74, 6) is 0.225. The Balaban J connectivity index is 2.14. The highest BCUT2D eigenvalue weighted by atomic mass is 79.9. The van der Waals surface area contributed by atoms with E-state index in [1.54, 1.807) is 0 Å². The number of aryl methyl sites for hydroxylation is 1. The van der Waals surface area contributed by atoms with E-state index in [4.69, 9.17) is 4.98 Å². The van der Waals surface area contributed by atoms with Crippen molar-refractivity contribution in [2.24, 2.45) is 5.41 Å². The normalized spacial score (nSPS) is 16.8. The number of nitrogens with one attached hydrogen (secondary N) is 1. The Morgan fingerprint density at radius 3 is 2.83 bits per heavy atom. The first-order valence-electron chi connectivity index (χ1n) is 8.55. The van der Waals surface area contributed by atoms with Crippen LogP contribution in [0.3, 0.4) is 0 Å². The molecular weight excluding hydrogens is 364 g/mol. The summed E-state index contributed by atoms with van der Waals surface area (Å²) in [5.41, 5.74) is 5.00. The molecule has 0 unspecified atom stereocenters. The number of halogens is 1. The topological polar surface area (TPSA) is 45.8 Å². The standard InChI is InChI=1S/C20H21BrN2O/c1-4-5-14-19-17(12-8-11(21)6-7-13(12)23-19)18-15(22-14)9-20(2,3)10-16(18)24/h6-8,23H,4-5,9-10H2,1-3H3. The molecule has 1 aromatic carbocycles. The summed E-state index contributed by atoms with van der Waals surface area (Å²) in [7, 11) is 0. The third-order valence-electron chi connectivity index (χ3n) is 4.91. The fourth-order valence-electron chi connectivity index (χ4n) is 3.94. The maximum atomic E-state index is 12.9. The first kappa shape index (κ1) is 15.8. The third kappa shape index (κ3) is 2.39. The summed E-state index contributed by atoms with van der Waals surface area (Å²) in [6.07, 6.45) is 3.41. The molecule has 0 spiro atoms. The highest BCUT2D eigenvalue weighted by Crippen LogP contribution is 2.40. The van der Waals surface area contributed by atoms with Crippen LogP contribution in [-0.2, 0) is 12.8 Å². The van der Waals surface area contributed by atoms with Crippen LogP contribution in [-0.4, -0.2) is 15.8 Å². The molecule has 4 rings (SSSR count). The van der Waals surface area contributed by atoms with Crippen molar-refractivity contribution in [3.8, 4) is 0 Å². The van der Waals surface area contributed by atoms with Crippen LogP contribution in [0.25, 0.3) is 21.8 Å². The van der Waals surface area contributed by atoms with E-state index in [1.807, 2.05) is 6.07 Å². The average molecular weight is 385 g/mol. The minimum absolute atomic E-state index is 0.0130. The Kier molecular flexibility index (Phi) is 3.57. The molecule has 0 aliphatic heterocycles. The molecule has 3 nitrogen and oxygen atoms in total. The summed E-state index contributed by atoms with van der Waals surface area (Å²) in [5, 5.41) is 2.18. The van der Waals surface area contributed by atoms with Gasteiger partial charge in [-0.15, -0.1) is 0 Å². The Bertz CT molecular complexity index is 984. The molecule has 24 heavy (non-hydrogen) atoms. The van der Waals surface area contributed by atoms with Crippen molar-refractivity contribution in [3.05, 3.63) is 39.6 Å². The number of carbonyl (C=O) groups excluding carboxylic acids is 1. The molecule has 0 radical (unpaired) electrons. The molecule has 3 aromatic rings. The summed E-state index contributed by atoms with van der Waals surface area (Å²) in [4.78, 5) is 21.4. The smallest absolute Gasteiger partial charge is 0.165 e. The molecule has 0 saturated carbocycles. The van der Waals surface area contributed by atoms with Crippen LogP contribution in [0.5, 0.6) is 0 Å². The second-order valence-corrected chi connectivity index (χ2v) is 8.55. The lowest BCUT2D eigenvalue weighted by atomic mass is 9.74.